The summed E-state index contributed by atoms with van der Waals surface area (Å²) in [7, 11) is 0. The first-order valence-electron chi connectivity index (χ1n) is 3.21. The smallest absolute Gasteiger partial charge is 0.283 e. The molecule has 1 atom stereocenters. The Morgan fingerprint density at radius 3 is 2.50 bits per heavy atom. The summed E-state index contributed by atoms with van der Waals surface area (Å²) in [5.74, 6) is 0. The summed E-state index contributed by atoms with van der Waals surface area (Å²) in [6.45, 7) is 1.97. The lowest BCUT2D eigenvalue weighted by atomic mass is 10.2. The molecule has 5 heteroatoms. The van der Waals surface area contributed by atoms with Gasteiger partial charge in [-0.05, 0) is 19.1 Å². The highest BCUT2D eigenvalue weighted by molar-refractivity contribution is 8.01. The molecule has 3 nitrogen and oxygen atoms in total. The van der Waals surface area contributed by atoms with Gasteiger partial charge in [0.15, 0.2) is 0 Å². The van der Waals surface area contributed by atoms with Gasteiger partial charge in [0.2, 0.25) is 0 Å². The molecule has 0 radical (unpaired) electrons. The third-order valence-electron chi connectivity index (χ3n) is 1.21. The Balaban J connectivity index is 2.53. The van der Waals surface area contributed by atoms with Crippen LogP contribution in [0, 0.1) is 6.92 Å². The van der Waals surface area contributed by atoms with Gasteiger partial charge in [-0.1, -0.05) is 17.7 Å². The first kappa shape index (κ1) is 9.73. The van der Waals surface area contributed by atoms with Crippen molar-refractivity contribution in [1.29, 1.82) is 0 Å². The lowest BCUT2D eigenvalue weighted by Gasteiger charge is -1.97. The van der Waals surface area contributed by atoms with Crippen LogP contribution in [0.5, 0.6) is 0 Å². The van der Waals surface area contributed by atoms with Gasteiger partial charge < -0.3 is 0 Å². The lowest BCUT2D eigenvalue weighted by Crippen LogP contribution is -1.85. The van der Waals surface area contributed by atoms with Crippen LogP contribution in [0.15, 0.2) is 29.2 Å². The highest BCUT2D eigenvalue weighted by Gasteiger charge is 1.97. The first-order chi connectivity index (χ1) is 5.68. The number of aryl methyl sites for hydroxylation is 1. The van der Waals surface area contributed by atoms with Crippen LogP contribution in [0.4, 0.5) is 0 Å². The monoisotopic (exact) mass is 204 g/mol. The number of benzene rings is 1. The van der Waals surface area contributed by atoms with E-state index < -0.39 is 11.4 Å². The highest BCUT2D eigenvalue weighted by atomic mass is 32.3. The lowest BCUT2D eigenvalue weighted by molar-refractivity contribution is 0.486. The van der Waals surface area contributed by atoms with Crippen molar-refractivity contribution in [2.24, 2.45) is 0 Å². The van der Waals surface area contributed by atoms with E-state index in [1.807, 2.05) is 31.2 Å². The maximum atomic E-state index is 10.1. The van der Waals surface area contributed by atoms with Crippen molar-refractivity contribution in [1.82, 2.24) is 0 Å². The van der Waals surface area contributed by atoms with E-state index in [2.05, 4.69) is 3.63 Å². The highest BCUT2D eigenvalue weighted by Crippen LogP contribution is 2.19. The third kappa shape index (κ3) is 3.36. The van der Waals surface area contributed by atoms with Gasteiger partial charge in [-0.3, -0.25) is 4.55 Å². The van der Waals surface area contributed by atoms with Crippen molar-refractivity contribution in [2.75, 3.05) is 0 Å². The molecule has 0 aliphatic rings. The Morgan fingerprint density at radius 2 is 2.00 bits per heavy atom. The summed E-state index contributed by atoms with van der Waals surface area (Å²) in [6, 6.07) is 7.47. The zero-order valence-corrected chi connectivity index (χ0v) is 8.02. The zero-order chi connectivity index (χ0) is 8.97. The van der Waals surface area contributed by atoms with E-state index in [0.717, 1.165) is 22.5 Å². The van der Waals surface area contributed by atoms with Gasteiger partial charge in [0.05, 0.1) is 0 Å². The van der Waals surface area contributed by atoms with Gasteiger partial charge in [0.1, 0.15) is 0 Å². The number of rotatable bonds is 3. The van der Waals surface area contributed by atoms with Crippen LogP contribution < -0.4 is 0 Å². The van der Waals surface area contributed by atoms with Crippen molar-refractivity contribution in [3.8, 4) is 0 Å². The largest absolute Gasteiger partial charge is 0.314 e. The third-order valence-corrected chi connectivity index (χ3v) is 2.41. The van der Waals surface area contributed by atoms with Gasteiger partial charge >= 0.3 is 11.4 Å². The SMILES string of the molecule is Cc1ccc(SOS(=O)O)cc1. The topological polar surface area (TPSA) is 46.5 Å². The molecule has 12 heavy (non-hydrogen) atoms. The van der Waals surface area contributed by atoms with Crippen LogP contribution in [0.1, 0.15) is 5.56 Å². The van der Waals surface area contributed by atoms with E-state index in [9.17, 15) is 4.21 Å². The standard InChI is InChI=1S/C7H8O3S2/c1-6-2-4-7(5-3-6)11-10-12(8)9/h2-5H,1H3,(H,8,9). The molecule has 0 spiro atoms. The number of hydrogen-bond donors (Lipinski definition) is 1. The summed E-state index contributed by atoms with van der Waals surface area (Å²) in [6.07, 6.45) is 0. The van der Waals surface area contributed by atoms with E-state index >= 15 is 0 Å². The van der Waals surface area contributed by atoms with Crippen molar-refractivity contribution in [3.05, 3.63) is 29.8 Å². The maximum Gasteiger partial charge on any atom is 0.314 e. The van der Waals surface area contributed by atoms with Gasteiger partial charge in [0, 0.05) is 16.9 Å². The average molecular weight is 204 g/mol. The Hall–Kier alpha value is -0.360. The second-order valence-corrected chi connectivity index (χ2v) is 3.80. The summed E-state index contributed by atoms with van der Waals surface area (Å²) in [5, 5.41) is 0. The molecule has 1 rings (SSSR count). The van der Waals surface area contributed by atoms with E-state index in [1.165, 1.54) is 0 Å². The van der Waals surface area contributed by atoms with Crippen molar-refractivity contribution >= 4 is 23.4 Å². The Labute approximate surface area is 77.8 Å². The van der Waals surface area contributed by atoms with E-state index in [-0.39, 0.29) is 0 Å². The second-order valence-electron chi connectivity index (χ2n) is 2.18. The molecule has 1 aromatic carbocycles. The van der Waals surface area contributed by atoms with Crippen molar-refractivity contribution in [2.45, 2.75) is 11.8 Å². The van der Waals surface area contributed by atoms with Gasteiger partial charge in [-0.25, -0.2) is 0 Å². The predicted molar refractivity (Wildman–Crippen MR) is 48.9 cm³/mol. The molecule has 0 amide bonds. The summed E-state index contributed by atoms with van der Waals surface area (Å²) in [5.41, 5.74) is 1.14. The molecule has 1 aromatic rings. The molecular formula is C7H8O3S2. The van der Waals surface area contributed by atoms with Crippen LogP contribution in [0.25, 0.3) is 0 Å². The molecule has 1 unspecified atom stereocenters. The molecule has 66 valence electrons. The molecule has 0 aliphatic carbocycles. The minimum Gasteiger partial charge on any atom is -0.283 e. The minimum atomic E-state index is -2.21. The van der Waals surface area contributed by atoms with Crippen LogP contribution in [0.2, 0.25) is 0 Å². The van der Waals surface area contributed by atoms with Gasteiger partial charge in [-0.2, -0.15) is 7.84 Å². The van der Waals surface area contributed by atoms with Crippen LogP contribution in [-0.4, -0.2) is 8.76 Å². The van der Waals surface area contributed by atoms with E-state index in [4.69, 9.17) is 4.55 Å². The second kappa shape index (κ2) is 4.61. The van der Waals surface area contributed by atoms with Crippen LogP contribution >= 0.6 is 12.0 Å². The van der Waals surface area contributed by atoms with E-state index in [1.54, 1.807) is 0 Å². The van der Waals surface area contributed by atoms with Crippen LogP contribution in [0.3, 0.4) is 0 Å². The molecule has 0 fully saturated rings. The fraction of sp³-hybridized carbons (Fsp3) is 0.143. The van der Waals surface area contributed by atoms with Crippen molar-refractivity contribution in [3.63, 3.8) is 0 Å². The van der Waals surface area contributed by atoms with Crippen molar-refractivity contribution < 1.29 is 12.4 Å². The van der Waals surface area contributed by atoms with Gasteiger partial charge in [0.25, 0.3) is 0 Å². The normalized spacial score (nSPS) is 12.8. The summed E-state index contributed by atoms with van der Waals surface area (Å²) >= 11 is -1.32. The first-order valence-corrected chi connectivity index (χ1v) is 4.98. The molecule has 0 aromatic heterocycles. The number of hydrogen-bond acceptors (Lipinski definition) is 3. The molecule has 0 heterocycles. The van der Waals surface area contributed by atoms with E-state index in [0.29, 0.717) is 0 Å². The molecule has 1 N–H and O–H groups in total. The predicted octanol–water partition coefficient (Wildman–Crippen LogP) is 2.16. The fourth-order valence-electron chi connectivity index (χ4n) is 0.662. The average Bonchev–Trinajstić information content (AvgIpc) is 2.03. The molecule has 0 saturated carbocycles. The summed E-state index contributed by atoms with van der Waals surface area (Å²) in [4.78, 5) is 0.808. The molecular weight excluding hydrogens is 196 g/mol. The Morgan fingerprint density at radius 1 is 1.42 bits per heavy atom. The fourth-order valence-corrected chi connectivity index (χ4v) is 1.46. The minimum absolute atomic E-state index is 0.808. The summed E-state index contributed by atoms with van der Waals surface area (Å²) < 4.78 is 22.8. The van der Waals surface area contributed by atoms with Crippen LogP contribution in [-0.2, 0) is 15.0 Å². The molecule has 0 saturated heterocycles. The van der Waals surface area contributed by atoms with Gasteiger partial charge in [-0.15, -0.1) is 0 Å². The molecule has 0 bridgehead atoms. The maximum absolute atomic E-state index is 10.1. The Kier molecular flexibility index (Phi) is 3.74. The Bertz CT molecular complexity index is 270. The zero-order valence-electron chi connectivity index (χ0n) is 6.39. The molecule has 0 aliphatic heterocycles. The quantitative estimate of drug-likeness (QED) is 0.605.